The molecular formula is C7H13NO. The van der Waals surface area contributed by atoms with Crippen LogP contribution < -0.4 is 0 Å². The molecule has 1 heterocycles. The van der Waals surface area contributed by atoms with E-state index < -0.39 is 0 Å². The van der Waals surface area contributed by atoms with Gasteiger partial charge in [0.15, 0.2) is 0 Å². The van der Waals surface area contributed by atoms with Crippen LogP contribution in [0.2, 0.25) is 0 Å². The smallest absolute Gasteiger partial charge is 0.0552 e. The lowest BCUT2D eigenvalue weighted by molar-refractivity contribution is -0.118. The van der Waals surface area contributed by atoms with Crippen molar-refractivity contribution in [3.05, 3.63) is 0 Å². The average molecular weight is 127 g/mol. The van der Waals surface area contributed by atoms with Gasteiger partial charge in [0.2, 0.25) is 0 Å². The maximum atomic E-state index is 9.02. The monoisotopic (exact) mass is 127 g/mol. The van der Waals surface area contributed by atoms with Crippen molar-refractivity contribution in [2.75, 3.05) is 20.1 Å². The molecule has 0 aromatic carbocycles. The number of nitrogens with zero attached hydrogens (tertiary/aromatic N) is 1. The molecule has 1 aliphatic carbocycles. The van der Waals surface area contributed by atoms with Crippen LogP contribution in [0.4, 0.5) is 0 Å². The fraction of sp³-hybridized carbons (Fsp3) is 1.00. The van der Waals surface area contributed by atoms with Gasteiger partial charge in [0.05, 0.1) is 6.10 Å². The summed E-state index contributed by atoms with van der Waals surface area (Å²) < 4.78 is 0. The highest BCUT2D eigenvalue weighted by Crippen LogP contribution is 2.47. The first-order valence-electron chi connectivity index (χ1n) is 3.57. The first-order chi connectivity index (χ1) is 4.20. The third-order valence-electron chi connectivity index (χ3n) is 2.55. The van der Waals surface area contributed by atoms with E-state index in [4.69, 9.17) is 5.11 Å². The molecule has 1 N–H and O–H groups in total. The van der Waals surface area contributed by atoms with Gasteiger partial charge in [-0.1, -0.05) is 0 Å². The highest BCUT2D eigenvalue weighted by molar-refractivity contribution is 5.03. The SMILES string of the molecule is CN1CC2(CC(O)C2)C1. The Hall–Kier alpha value is -0.0800. The van der Waals surface area contributed by atoms with E-state index in [9.17, 15) is 0 Å². The maximum Gasteiger partial charge on any atom is 0.0552 e. The van der Waals surface area contributed by atoms with Crippen LogP contribution in [0, 0.1) is 5.41 Å². The zero-order valence-corrected chi connectivity index (χ0v) is 5.80. The van der Waals surface area contributed by atoms with Crippen molar-refractivity contribution in [3.63, 3.8) is 0 Å². The number of aliphatic hydroxyl groups excluding tert-OH is 1. The maximum absolute atomic E-state index is 9.02. The molecule has 2 fully saturated rings. The second-order valence-electron chi connectivity index (χ2n) is 3.73. The van der Waals surface area contributed by atoms with Crippen LogP contribution in [0.3, 0.4) is 0 Å². The van der Waals surface area contributed by atoms with Crippen LogP contribution in [0.1, 0.15) is 12.8 Å². The van der Waals surface area contributed by atoms with E-state index in [0.29, 0.717) is 5.41 Å². The molecule has 2 rings (SSSR count). The van der Waals surface area contributed by atoms with Crippen LogP contribution in [0.5, 0.6) is 0 Å². The van der Waals surface area contributed by atoms with Crippen molar-refractivity contribution in [2.24, 2.45) is 5.41 Å². The Morgan fingerprint density at radius 2 is 2.00 bits per heavy atom. The summed E-state index contributed by atoms with van der Waals surface area (Å²) in [6, 6.07) is 0. The molecule has 0 aromatic heterocycles. The molecular weight excluding hydrogens is 114 g/mol. The van der Waals surface area contributed by atoms with Crippen molar-refractivity contribution in [1.82, 2.24) is 4.90 Å². The minimum absolute atomic E-state index is 0.0266. The number of likely N-dealkylation sites (tertiary alicyclic amines) is 1. The molecule has 0 atom stereocenters. The summed E-state index contributed by atoms with van der Waals surface area (Å²) in [6.45, 7) is 2.42. The topological polar surface area (TPSA) is 23.5 Å². The van der Waals surface area contributed by atoms with Gasteiger partial charge in [-0.3, -0.25) is 0 Å². The van der Waals surface area contributed by atoms with Crippen molar-refractivity contribution < 1.29 is 5.11 Å². The molecule has 2 heteroatoms. The van der Waals surface area contributed by atoms with E-state index in [1.54, 1.807) is 0 Å². The Bertz CT molecular complexity index is 103. The van der Waals surface area contributed by atoms with Crippen molar-refractivity contribution in [2.45, 2.75) is 18.9 Å². The minimum Gasteiger partial charge on any atom is -0.393 e. The van der Waals surface area contributed by atoms with E-state index >= 15 is 0 Å². The molecule has 1 saturated carbocycles. The molecule has 0 bridgehead atoms. The van der Waals surface area contributed by atoms with Crippen LogP contribution in [-0.2, 0) is 0 Å². The van der Waals surface area contributed by atoms with Gasteiger partial charge >= 0.3 is 0 Å². The summed E-state index contributed by atoms with van der Waals surface area (Å²) in [5.74, 6) is 0. The van der Waals surface area contributed by atoms with Gasteiger partial charge in [-0.2, -0.15) is 0 Å². The van der Waals surface area contributed by atoms with Crippen LogP contribution >= 0.6 is 0 Å². The zero-order chi connectivity index (χ0) is 6.48. The number of rotatable bonds is 0. The van der Waals surface area contributed by atoms with E-state index in [-0.39, 0.29) is 6.10 Å². The van der Waals surface area contributed by atoms with Gasteiger partial charge in [0.25, 0.3) is 0 Å². The summed E-state index contributed by atoms with van der Waals surface area (Å²) in [4.78, 5) is 2.31. The first kappa shape index (κ1) is 5.69. The summed E-state index contributed by atoms with van der Waals surface area (Å²) in [5.41, 5.74) is 0.564. The fourth-order valence-corrected chi connectivity index (χ4v) is 2.30. The third kappa shape index (κ3) is 0.700. The van der Waals surface area contributed by atoms with E-state index in [1.165, 1.54) is 13.1 Å². The standard InChI is InChI=1S/C7H13NO/c1-8-4-7(5-8)2-6(9)3-7/h6,9H,2-5H2,1H3. The lowest BCUT2D eigenvalue weighted by atomic mass is 9.62. The molecule has 0 amide bonds. The highest BCUT2D eigenvalue weighted by atomic mass is 16.3. The van der Waals surface area contributed by atoms with Crippen molar-refractivity contribution in [1.29, 1.82) is 0 Å². The number of aliphatic hydroxyl groups is 1. The quantitative estimate of drug-likeness (QED) is 0.498. The van der Waals surface area contributed by atoms with E-state index in [0.717, 1.165) is 12.8 Å². The molecule has 52 valence electrons. The lowest BCUT2D eigenvalue weighted by Gasteiger charge is -2.56. The number of hydrogen-bond acceptors (Lipinski definition) is 2. The Kier molecular flexibility index (Phi) is 0.945. The molecule has 1 aliphatic heterocycles. The van der Waals surface area contributed by atoms with Gasteiger partial charge in [0.1, 0.15) is 0 Å². The Morgan fingerprint density at radius 1 is 1.44 bits per heavy atom. The van der Waals surface area contributed by atoms with Gasteiger partial charge in [-0.25, -0.2) is 0 Å². The average Bonchev–Trinajstić information content (AvgIpc) is 1.58. The molecule has 1 spiro atoms. The predicted molar refractivity (Wildman–Crippen MR) is 35.2 cm³/mol. The number of hydrogen-bond donors (Lipinski definition) is 1. The second kappa shape index (κ2) is 1.50. The van der Waals surface area contributed by atoms with Gasteiger partial charge < -0.3 is 10.0 Å². The molecule has 2 aliphatic rings. The van der Waals surface area contributed by atoms with Crippen molar-refractivity contribution in [3.8, 4) is 0 Å². The molecule has 2 nitrogen and oxygen atoms in total. The van der Waals surface area contributed by atoms with E-state index in [1.807, 2.05) is 0 Å². The van der Waals surface area contributed by atoms with Gasteiger partial charge in [-0.05, 0) is 19.9 Å². The van der Waals surface area contributed by atoms with Gasteiger partial charge in [-0.15, -0.1) is 0 Å². The fourth-order valence-electron chi connectivity index (χ4n) is 2.30. The van der Waals surface area contributed by atoms with Gasteiger partial charge in [0, 0.05) is 18.5 Å². The largest absolute Gasteiger partial charge is 0.393 e. The summed E-state index contributed by atoms with van der Waals surface area (Å²) >= 11 is 0. The summed E-state index contributed by atoms with van der Waals surface area (Å²) in [5, 5.41) is 9.02. The molecule has 0 aromatic rings. The molecule has 0 unspecified atom stereocenters. The Morgan fingerprint density at radius 3 is 2.33 bits per heavy atom. The summed E-state index contributed by atoms with van der Waals surface area (Å²) in [6.07, 6.45) is 2.13. The lowest BCUT2D eigenvalue weighted by Crippen LogP contribution is -2.62. The molecule has 9 heavy (non-hydrogen) atoms. The highest BCUT2D eigenvalue weighted by Gasteiger charge is 2.50. The van der Waals surface area contributed by atoms with E-state index in [2.05, 4.69) is 11.9 Å². The molecule has 1 saturated heterocycles. The summed E-state index contributed by atoms with van der Waals surface area (Å²) in [7, 11) is 2.13. The van der Waals surface area contributed by atoms with Crippen LogP contribution in [0.25, 0.3) is 0 Å². The normalized spacial score (nSPS) is 34.0. The Labute approximate surface area is 55.5 Å². The minimum atomic E-state index is 0.0266. The molecule has 0 radical (unpaired) electrons. The van der Waals surface area contributed by atoms with Crippen molar-refractivity contribution >= 4 is 0 Å². The third-order valence-corrected chi connectivity index (χ3v) is 2.55. The second-order valence-corrected chi connectivity index (χ2v) is 3.73. The zero-order valence-electron chi connectivity index (χ0n) is 5.80. The Balaban J connectivity index is 1.87. The van der Waals surface area contributed by atoms with Crippen LogP contribution in [-0.4, -0.2) is 36.2 Å². The van der Waals surface area contributed by atoms with Crippen LogP contribution in [0.15, 0.2) is 0 Å². The first-order valence-corrected chi connectivity index (χ1v) is 3.57. The predicted octanol–water partition coefficient (Wildman–Crippen LogP) is 0.0729.